The van der Waals surface area contributed by atoms with Gasteiger partial charge in [0.2, 0.25) is 0 Å². The molecule has 0 radical (unpaired) electrons. The molecule has 0 unspecified atom stereocenters. The number of aromatic nitrogens is 5. The van der Waals surface area contributed by atoms with Gasteiger partial charge in [-0.05, 0) is 78.3 Å². The number of nitrogens with one attached hydrogen (secondary N) is 1. The molecule has 1 N–H and O–H groups in total. The van der Waals surface area contributed by atoms with Crippen LogP contribution in [-0.2, 0) is 12.7 Å². The van der Waals surface area contributed by atoms with Crippen molar-refractivity contribution in [2.45, 2.75) is 53.3 Å². The first-order valence-corrected chi connectivity index (χ1v) is 13.4. The minimum absolute atomic E-state index is 0.0323. The summed E-state index contributed by atoms with van der Waals surface area (Å²) in [5, 5.41) is 12.9. The third kappa shape index (κ3) is 9.16. The normalized spacial score (nSPS) is 12.8. The van der Waals surface area contributed by atoms with Crippen molar-refractivity contribution in [3.8, 4) is 0 Å². The van der Waals surface area contributed by atoms with Crippen LogP contribution in [0.4, 0.5) is 24.7 Å². The second-order valence-corrected chi connectivity index (χ2v) is 9.32. The molecule has 1 aliphatic rings. The third-order valence-corrected chi connectivity index (χ3v) is 6.24. The van der Waals surface area contributed by atoms with Gasteiger partial charge in [-0.15, -0.1) is 10.2 Å². The van der Waals surface area contributed by atoms with Gasteiger partial charge in [-0.2, -0.15) is 18.0 Å². The number of tetrazole rings is 1. The molecule has 220 valence electrons. The van der Waals surface area contributed by atoms with E-state index in [4.69, 9.17) is 0 Å². The van der Waals surface area contributed by atoms with Crippen molar-refractivity contribution in [2.24, 2.45) is 5.92 Å². The Morgan fingerprint density at radius 2 is 1.78 bits per heavy atom. The molecule has 0 atom stereocenters. The summed E-state index contributed by atoms with van der Waals surface area (Å²) in [4.78, 5) is 6.96. The SMILES string of the molecule is C=C(c1cccc(C)c1NC)C1CC1.C=C/C(=C/C(=C)Cn1nnc(C(F)(F)F)n1)N(C)c1ncccc1C.CC. The largest absolute Gasteiger partial charge is 0.455 e. The van der Waals surface area contributed by atoms with Crippen LogP contribution < -0.4 is 10.2 Å². The van der Waals surface area contributed by atoms with Gasteiger partial charge in [-0.3, -0.25) is 0 Å². The molecule has 2 heterocycles. The van der Waals surface area contributed by atoms with E-state index in [0.717, 1.165) is 22.1 Å². The second kappa shape index (κ2) is 15.0. The quantitative estimate of drug-likeness (QED) is 0.268. The van der Waals surface area contributed by atoms with Crippen LogP contribution in [0.5, 0.6) is 0 Å². The van der Waals surface area contributed by atoms with E-state index in [1.54, 1.807) is 18.3 Å². The molecule has 0 spiro atoms. The van der Waals surface area contributed by atoms with E-state index in [1.165, 1.54) is 35.2 Å². The minimum Gasteiger partial charge on any atom is -0.387 e. The number of alkyl halides is 3. The highest BCUT2D eigenvalue weighted by Crippen LogP contribution is 2.43. The standard InChI is InChI=1S/C16H17F3N6.C13H17N.C2H6/c1-5-13(24(4)14-12(3)7-6-8-20-14)9-11(2)10-25-22-15(21-23-25)16(17,18)19;1-9-5-4-6-12(13(9)14-3)10(2)11-7-8-11;1-2/h5-9H,1-2,10H2,3-4H3;4-6,11,14H,2,7-8H2,1,3H3;1-2H3/b13-9-;;. The first kappa shape index (κ1) is 33.0. The number of halogens is 3. The van der Waals surface area contributed by atoms with E-state index in [-0.39, 0.29) is 6.54 Å². The Balaban J connectivity index is 0.000000309. The Hall–Kier alpha value is -4.21. The van der Waals surface area contributed by atoms with Crippen molar-refractivity contribution in [1.82, 2.24) is 25.2 Å². The fourth-order valence-electron chi connectivity index (χ4n) is 4.02. The molecule has 41 heavy (non-hydrogen) atoms. The molecule has 4 rings (SSSR count). The summed E-state index contributed by atoms with van der Waals surface area (Å²) in [6, 6.07) is 10.2. The molecule has 0 bridgehead atoms. The summed E-state index contributed by atoms with van der Waals surface area (Å²) >= 11 is 0. The molecule has 1 saturated carbocycles. The van der Waals surface area contributed by atoms with Crippen molar-refractivity contribution in [3.63, 3.8) is 0 Å². The highest BCUT2D eigenvalue weighted by atomic mass is 19.4. The molecule has 1 aliphatic carbocycles. The summed E-state index contributed by atoms with van der Waals surface area (Å²) in [5.41, 5.74) is 7.28. The number of hydrogen-bond acceptors (Lipinski definition) is 6. The van der Waals surface area contributed by atoms with Crippen molar-refractivity contribution < 1.29 is 13.2 Å². The lowest BCUT2D eigenvalue weighted by Gasteiger charge is -2.21. The number of benzene rings is 1. The van der Waals surface area contributed by atoms with Crippen LogP contribution in [-0.4, -0.2) is 39.3 Å². The van der Waals surface area contributed by atoms with E-state index in [2.05, 4.69) is 70.6 Å². The number of aryl methyl sites for hydroxylation is 2. The van der Waals surface area contributed by atoms with E-state index in [1.807, 2.05) is 51.9 Å². The average molecular weight is 568 g/mol. The van der Waals surface area contributed by atoms with Crippen molar-refractivity contribution in [2.75, 3.05) is 24.3 Å². The first-order chi connectivity index (χ1) is 19.5. The van der Waals surface area contributed by atoms with Crippen LogP contribution in [0.3, 0.4) is 0 Å². The summed E-state index contributed by atoms with van der Waals surface area (Å²) in [5.74, 6) is 0.193. The van der Waals surface area contributed by atoms with Crippen molar-refractivity contribution in [3.05, 3.63) is 102 Å². The van der Waals surface area contributed by atoms with Gasteiger partial charge in [0.1, 0.15) is 5.82 Å². The van der Waals surface area contributed by atoms with Gasteiger partial charge in [-0.1, -0.05) is 57.8 Å². The number of allylic oxidation sites excluding steroid dienone is 4. The molecule has 7 nitrogen and oxygen atoms in total. The minimum atomic E-state index is -4.63. The van der Waals surface area contributed by atoms with E-state index in [0.29, 0.717) is 11.3 Å². The molecular formula is C31H40F3N7. The molecular weight excluding hydrogens is 527 g/mol. The number of pyridine rings is 1. The van der Waals surface area contributed by atoms with Gasteiger partial charge in [0.25, 0.3) is 5.82 Å². The zero-order chi connectivity index (χ0) is 30.7. The molecule has 0 amide bonds. The fraction of sp³-hybridized carbons (Fsp3) is 0.355. The van der Waals surface area contributed by atoms with Crippen LogP contribution in [0.25, 0.3) is 5.57 Å². The Bertz CT molecular complexity index is 1370. The maximum Gasteiger partial charge on any atom is 0.455 e. The highest BCUT2D eigenvalue weighted by Gasteiger charge is 2.36. The number of rotatable bonds is 9. The molecule has 1 fully saturated rings. The predicted molar refractivity (Wildman–Crippen MR) is 161 cm³/mol. The maximum atomic E-state index is 12.5. The number of hydrogen-bond donors (Lipinski definition) is 1. The van der Waals surface area contributed by atoms with Crippen molar-refractivity contribution in [1.29, 1.82) is 0 Å². The number of nitrogens with zero attached hydrogens (tertiary/aromatic N) is 6. The molecule has 2 aromatic heterocycles. The zero-order valence-electron chi connectivity index (χ0n) is 24.8. The van der Waals surface area contributed by atoms with Crippen LogP contribution >= 0.6 is 0 Å². The zero-order valence-corrected chi connectivity index (χ0v) is 24.8. The van der Waals surface area contributed by atoms with Gasteiger partial charge < -0.3 is 10.2 Å². The smallest absolute Gasteiger partial charge is 0.387 e. The van der Waals surface area contributed by atoms with Crippen LogP contribution in [0, 0.1) is 19.8 Å². The maximum absolute atomic E-state index is 12.5. The average Bonchev–Trinajstić information content (AvgIpc) is 3.69. The summed E-state index contributed by atoms with van der Waals surface area (Å²) in [6.45, 7) is 19.8. The van der Waals surface area contributed by atoms with Gasteiger partial charge in [-0.25, -0.2) is 4.98 Å². The third-order valence-electron chi connectivity index (χ3n) is 6.24. The van der Waals surface area contributed by atoms with Gasteiger partial charge in [0, 0.05) is 37.2 Å². The number of likely N-dealkylation sites (N-methyl/N-ethyl adjacent to an activating group) is 1. The molecule has 1 aromatic carbocycles. The van der Waals surface area contributed by atoms with Gasteiger partial charge in [0.05, 0.1) is 6.54 Å². The Morgan fingerprint density at radius 1 is 1.12 bits per heavy atom. The molecule has 3 aromatic rings. The topological polar surface area (TPSA) is 71.8 Å². The second-order valence-electron chi connectivity index (χ2n) is 9.32. The number of anilines is 2. The highest BCUT2D eigenvalue weighted by molar-refractivity contribution is 5.79. The number of para-hydroxylation sites is 1. The fourth-order valence-corrected chi connectivity index (χ4v) is 4.02. The lowest BCUT2D eigenvalue weighted by atomic mass is 9.98. The lowest BCUT2D eigenvalue weighted by molar-refractivity contribution is -0.145. The monoisotopic (exact) mass is 567 g/mol. The summed E-state index contributed by atoms with van der Waals surface area (Å²) < 4.78 is 37.5. The van der Waals surface area contributed by atoms with E-state index < -0.39 is 12.0 Å². The van der Waals surface area contributed by atoms with Crippen LogP contribution in [0.15, 0.2) is 79.7 Å². The van der Waals surface area contributed by atoms with Gasteiger partial charge in [0.15, 0.2) is 0 Å². The van der Waals surface area contributed by atoms with E-state index in [9.17, 15) is 13.2 Å². The summed E-state index contributed by atoms with van der Waals surface area (Å²) in [6.07, 6.45) is 2.96. The molecule has 0 aliphatic heterocycles. The predicted octanol–water partition coefficient (Wildman–Crippen LogP) is 7.64. The Morgan fingerprint density at radius 3 is 2.32 bits per heavy atom. The van der Waals surface area contributed by atoms with Gasteiger partial charge >= 0.3 is 6.18 Å². The van der Waals surface area contributed by atoms with Crippen molar-refractivity contribution >= 4 is 17.1 Å². The Labute approximate surface area is 241 Å². The lowest BCUT2D eigenvalue weighted by Crippen LogP contribution is -2.18. The van der Waals surface area contributed by atoms with Crippen LogP contribution in [0.2, 0.25) is 0 Å². The summed E-state index contributed by atoms with van der Waals surface area (Å²) in [7, 11) is 3.79. The Kier molecular flexibility index (Phi) is 12.0. The van der Waals surface area contributed by atoms with Crippen LogP contribution in [0.1, 0.15) is 49.2 Å². The molecule has 0 saturated heterocycles. The molecule has 10 heteroatoms. The first-order valence-electron chi connectivity index (χ1n) is 13.4. The van der Waals surface area contributed by atoms with E-state index >= 15 is 0 Å².